The van der Waals surface area contributed by atoms with Gasteiger partial charge < -0.3 is 23.8 Å². The average molecular weight is 935 g/mol. The molecule has 2 atom stereocenters. The normalized spacial score (nSPS) is 13.6. The Labute approximate surface area is 411 Å². The highest BCUT2D eigenvalue weighted by atomic mass is 16.6. The van der Waals surface area contributed by atoms with Crippen LogP contribution in [0.15, 0.2) is 97.2 Å². The lowest BCUT2D eigenvalue weighted by atomic mass is 10.0. The maximum Gasteiger partial charge on any atom is 0.362 e. The molecule has 1 N–H and O–H groups in total. The summed E-state index contributed by atoms with van der Waals surface area (Å²) in [6.07, 6.45) is 66.0. The van der Waals surface area contributed by atoms with Crippen LogP contribution in [0.2, 0.25) is 0 Å². The number of likely N-dealkylation sites (N-methyl/N-ethyl adjacent to an activating group) is 1. The SMILES string of the molecule is CC/C=C/C/C=C/C/C=C/C/C=C/C/C=C/CCCCCCCCCC(=O)OCC(COCCC(C(=O)O)[N+](C)(C)C)OC(=O)CCCCCCCCCCCC/C=C/C/C=C/C/C=C/CC. The van der Waals surface area contributed by atoms with Crippen molar-refractivity contribution in [1.82, 2.24) is 0 Å². The predicted molar refractivity (Wildman–Crippen MR) is 284 cm³/mol. The molecule has 382 valence electrons. The Hall–Kier alpha value is -3.75. The number of unbranched alkanes of at least 4 members (excludes halogenated alkanes) is 17. The minimum absolute atomic E-state index is 0.0509. The molecule has 0 heterocycles. The lowest BCUT2D eigenvalue weighted by Gasteiger charge is -2.31. The van der Waals surface area contributed by atoms with Gasteiger partial charge in [-0.3, -0.25) is 9.59 Å². The van der Waals surface area contributed by atoms with Gasteiger partial charge in [-0.1, -0.05) is 195 Å². The summed E-state index contributed by atoms with van der Waals surface area (Å²) in [4.78, 5) is 37.2. The third kappa shape index (κ3) is 47.1. The van der Waals surface area contributed by atoms with Gasteiger partial charge in [0.1, 0.15) is 6.61 Å². The molecular weight excluding hydrogens is 835 g/mol. The van der Waals surface area contributed by atoms with E-state index >= 15 is 0 Å². The number of allylic oxidation sites excluding steroid dienone is 16. The van der Waals surface area contributed by atoms with Crippen molar-refractivity contribution in [3.63, 3.8) is 0 Å². The fourth-order valence-corrected chi connectivity index (χ4v) is 7.43. The van der Waals surface area contributed by atoms with E-state index in [1.807, 2.05) is 21.1 Å². The molecule has 0 aliphatic rings. The molecule has 0 aromatic carbocycles. The van der Waals surface area contributed by atoms with Crippen LogP contribution in [0.25, 0.3) is 0 Å². The molecule has 0 saturated carbocycles. The molecule has 8 nitrogen and oxygen atoms in total. The maximum absolute atomic E-state index is 12.8. The molecule has 0 aromatic rings. The largest absolute Gasteiger partial charge is 0.477 e. The molecule has 0 saturated heterocycles. The molecule has 67 heavy (non-hydrogen) atoms. The van der Waals surface area contributed by atoms with Crippen LogP contribution in [0.5, 0.6) is 0 Å². The topological polar surface area (TPSA) is 99.1 Å². The highest BCUT2D eigenvalue weighted by Crippen LogP contribution is 2.15. The molecule has 0 amide bonds. The number of carboxylic acids is 1. The van der Waals surface area contributed by atoms with Crippen LogP contribution in [-0.4, -0.2) is 80.6 Å². The highest BCUT2D eigenvalue weighted by molar-refractivity contribution is 5.72. The van der Waals surface area contributed by atoms with Crippen LogP contribution in [0.3, 0.4) is 0 Å². The summed E-state index contributed by atoms with van der Waals surface area (Å²) in [5, 5.41) is 9.67. The molecule has 0 spiro atoms. The lowest BCUT2D eigenvalue weighted by molar-refractivity contribution is -0.887. The number of quaternary nitrogens is 1. The molecule has 0 aromatic heterocycles. The molecule has 0 radical (unpaired) electrons. The van der Waals surface area contributed by atoms with Gasteiger partial charge in [0.15, 0.2) is 12.1 Å². The number of carboxylic acid groups (broad SMARTS) is 1. The van der Waals surface area contributed by atoms with Gasteiger partial charge in [0.05, 0.1) is 34.4 Å². The fraction of sp³-hybridized carbons (Fsp3) is 0.678. The van der Waals surface area contributed by atoms with E-state index in [9.17, 15) is 19.5 Å². The van der Waals surface area contributed by atoms with Crippen molar-refractivity contribution in [3.05, 3.63) is 97.2 Å². The van der Waals surface area contributed by atoms with E-state index < -0.39 is 18.1 Å². The number of esters is 2. The van der Waals surface area contributed by atoms with E-state index in [4.69, 9.17) is 14.2 Å². The lowest BCUT2D eigenvalue weighted by Crippen LogP contribution is -2.50. The van der Waals surface area contributed by atoms with Crippen molar-refractivity contribution in [2.24, 2.45) is 0 Å². The van der Waals surface area contributed by atoms with Crippen LogP contribution in [-0.2, 0) is 28.6 Å². The van der Waals surface area contributed by atoms with Gasteiger partial charge in [-0.25, -0.2) is 4.79 Å². The summed E-state index contributed by atoms with van der Waals surface area (Å²) in [6, 6.07) is -0.623. The molecule has 0 aliphatic carbocycles. The Morgan fingerprint density at radius 3 is 1.16 bits per heavy atom. The Bertz CT molecular complexity index is 1410. The smallest absolute Gasteiger partial charge is 0.362 e. The third-order valence-corrected chi connectivity index (χ3v) is 11.5. The third-order valence-electron chi connectivity index (χ3n) is 11.5. The second kappa shape index (κ2) is 48.7. The number of ether oxygens (including phenoxy) is 3. The number of rotatable bonds is 47. The van der Waals surface area contributed by atoms with Crippen molar-refractivity contribution in [3.8, 4) is 0 Å². The summed E-state index contributed by atoms with van der Waals surface area (Å²) < 4.78 is 17.4. The van der Waals surface area contributed by atoms with Gasteiger partial charge in [0, 0.05) is 19.3 Å². The zero-order chi connectivity index (χ0) is 49.2. The summed E-state index contributed by atoms with van der Waals surface area (Å²) in [7, 11) is 5.53. The zero-order valence-electron chi connectivity index (χ0n) is 43.6. The predicted octanol–water partition coefficient (Wildman–Crippen LogP) is 15.8. The summed E-state index contributed by atoms with van der Waals surface area (Å²) in [5.41, 5.74) is 0. The van der Waals surface area contributed by atoms with E-state index in [1.54, 1.807) is 0 Å². The Balaban J connectivity index is 4.26. The minimum Gasteiger partial charge on any atom is -0.477 e. The number of carbonyl (C=O) groups excluding carboxylic acids is 2. The number of aliphatic carboxylic acids is 1. The second-order valence-electron chi connectivity index (χ2n) is 18.7. The van der Waals surface area contributed by atoms with Gasteiger partial charge in [0.2, 0.25) is 0 Å². The van der Waals surface area contributed by atoms with Gasteiger partial charge in [0.25, 0.3) is 0 Å². The number of carbonyl (C=O) groups is 3. The van der Waals surface area contributed by atoms with Gasteiger partial charge in [-0.2, -0.15) is 0 Å². The van der Waals surface area contributed by atoms with Crippen LogP contribution < -0.4 is 0 Å². The molecule has 0 bridgehead atoms. The van der Waals surface area contributed by atoms with Gasteiger partial charge in [-0.15, -0.1) is 0 Å². The molecule has 2 unspecified atom stereocenters. The Morgan fingerprint density at radius 1 is 0.448 bits per heavy atom. The van der Waals surface area contributed by atoms with E-state index in [0.717, 1.165) is 96.3 Å². The van der Waals surface area contributed by atoms with E-state index in [0.29, 0.717) is 19.3 Å². The average Bonchev–Trinajstić information content (AvgIpc) is 3.29. The molecule has 8 heteroatoms. The summed E-state index contributed by atoms with van der Waals surface area (Å²) in [5.74, 6) is -1.49. The van der Waals surface area contributed by atoms with Gasteiger partial charge in [-0.05, 0) is 89.9 Å². The molecule has 0 aliphatic heterocycles. The van der Waals surface area contributed by atoms with Crippen LogP contribution in [0.1, 0.15) is 206 Å². The van der Waals surface area contributed by atoms with Crippen LogP contribution >= 0.6 is 0 Å². The molecule has 0 rings (SSSR count). The first-order chi connectivity index (χ1) is 32.6. The van der Waals surface area contributed by atoms with Crippen molar-refractivity contribution in [1.29, 1.82) is 0 Å². The number of nitrogens with zero attached hydrogens (tertiary/aromatic N) is 1. The van der Waals surface area contributed by atoms with Crippen LogP contribution in [0.4, 0.5) is 0 Å². The maximum atomic E-state index is 12.8. The first-order valence-electron chi connectivity index (χ1n) is 26.8. The zero-order valence-corrected chi connectivity index (χ0v) is 43.6. The van der Waals surface area contributed by atoms with Crippen molar-refractivity contribution in [2.75, 3.05) is 41.0 Å². The highest BCUT2D eigenvalue weighted by Gasteiger charge is 2.31. The molecule has 0 fully saturated rings. The molecular formula is C59H100NO7+. The van der Waals surface area contributed by atoms with E-state index in [2.05, 4.69) is 111 Å². The Kier molecular flexibility index (Phi) is 46.0. The fourth-order valence-electron chi connectivity index (χ4n) is 7.43. The summed E-state index contributed by atoms with van der Waals surface area (Å²) in [6.45, 7) is 4.50. The van der Waals surface area contributed by atoms with Crippen molar-refractivity contribution < 1.29 is 38.2 Å². The standard InChI is InChI=1S/C59H99NO7/c1-6-8-10-12-14-16-18-20-22-24-26-28-29-30-32-33-35-37-39-41-43-45-47-49-57(61)66-54-55(53-65-52-51-56(59(63)64)60(3,4)5)67-58(62)50-48-46-44-42-40-38-36-34-31-27-25-23-21-19-17-15-13-11-9-7-2/h8-11,14-17,20-23,26,28,30,32,55-56H,6-7,12-13,18-19,24-25,27,29,31,33-54H2,1-5H3/p+1/b10-8+,11-9+,16-14+,17-15+,22-20+,23-21+,28-26+,32-30+. The van der Waals surface area contributed by atoms with Crippen molar-refractivity contribution >= 4 is 17.9 Å². The van der Waals surface area contributed by atoms with E-state index in [1.165, 1.54) is 77.0 Å². The van der Waals surface area contributed by atoms with E-state index in [-0.39, 0.29) is 36.2 Å². The summed E-state index contributed by atoms with van der Waals surface area (Å²) >= 11 is 0. The van der Waals surface area contributed by atoms with Crippen LogP contribution in [0, 0.1) is 0 Å². The first kappa shape index (κ1) is 63.2. The van der Waals surface area contributed by atoms with Gasteiger partial charge >= 0.3 is 17.9 Å². The Morgan fingerprint density at radius 2 is 0.791 bits per heavy atom. The number of hydrogen-bond donors (Lipinski definition) is 1. The quantitative estimate of drug-likeness (QED) is 0.0281. The minimum atomic E-state index is -0.880. The first-order valence-corrected chi connectivity index (χ1v) is 26.8. The number of hydrogen-bond acceptors (Lipinski definition) is 6. The second-order valence-corrected chi connectivity index (χ2v) is 18.7. The van der Waals surface area contributed by atoms with Crippen molar-refractivity contribution in [2.45, 2.75) is 219 Å². The monoisotopic (exact) mass is 935 g/mol.